The van der Waals surface area contributed by atoms with Crippen LogP contribution in [0, 0.1) is 0 Å². The fourth-order valence-corrected chi connectivity index (χ4v) is 4.71. The van der Waals surface area contributed by atoms with Gasteiger partial charge in [0.25, 0.3) is 0 Å². The lowest BCUT2D eigenvalue weighted by atomic mass is 10.0. The second-order valence-corrected chi connectivity index (χ2v) is 9.37. The molecule has 5 aromatic rings. The summed E-state index contributed by atoms with van der Waals surface area (Å²) in [6, 6.07) is 24.6. The zero-order chi connectivity index (χ0) is 26.5. The molecule has 8 nitrogen and oxygen atoms in total. The number of rotatable bonds is 11. The van der Waals surface area contributed by atoms with Crippen LogP contribution in [0.15, 0.2) is 85.1 Å². The van der Waals surface area contributed by atoms with E-state index in [9.17, 15) is 15.0 Å². The van der Waals surface area contributed by atoms with Crippen molar-refractivity contribution in [1.82, 2.24) is 14.9 Å². The minimum atomic E-state index is -0.614. The van der Waals surface area contributed by atoms with Gasteiger partial charge in [0.05, 0.1) is 11.7 Å². The first kappa shape index (κ1) is 25.3. The molecule has 0 saturated carbocycles. The lowest BCUT2D eigenvalue weighted by molar-refractivity contribution is 0.0981. The highest BCUT2D eigenvalue weighted by atomic mass is 16.5. The maximum absolute atomic E-state index is 11.3. The summed E-state index contributed by atoms with van der Waals surface area (Å²) < 4.78 is 5.79. The van der Waals surface area contributed by atoms with E-state index in [1.807, 2.05) is 30.3 Å². The van der Waals surface area contributed by atoms with Crippen molar-refractivity contribution >= 4 is 27.7 Å². The number of ether oxygens (including phenoxy) is 1. The smallest absolute Gasteiger partial charge is 0.250 e. The van der Waals surface area contributed by atoms with Gasteiger partial charge in [-0.3, -0.25) is 9.69 Å². The van der Waals surface area contributed by atoms with Crippen LogP contribution in [0.4, 0.5) is 0 Å². The number of aromatic nitrogens is 2. The zero-order valence-corrected chi connectivity index (χ0v) is 20.9. The van der Waals surface area contributed by atoms with E-state index in [0.717, 1.165) is 27.5 Å². The van der Waals surface area contributed by atoms with Gasteiger partial charge in [-0.2, -0.15) is 0 Å². The number of H-pyrrole nitrogens is 1. The summed E-state index contributed by atoms with van der Waals surface area (Å²) in [7, 11) is 0. The highest BCUT2D eigenvalue weighted by Crippen LogP contribution is 2.28. The number of hydrogen-bond acceptors (Lipinski definition) is 6. The number of carbonyl (C=O) groups excluding carboxylic acids is 1. The predicted octanol–water partition coefficient (Wildman–Crippen LogP) is 4.01. The Morgan fingerprint density at radius 3 is 2.55 bits per heavy atom. The molecule has 0 aliphatic rings. The Morgan fingerprint density at radius 2 is 1.79 bits per heavy atom. The van der Waals surface area contributed by atoms with Gasteiger partial charge in [-0.15, -0.1) is 0 Å². The van der Waals surface area contributed by atoms with E-state index < -0.39 is 12.0 Å². The second-order valence-electron chi connectivity index (χ2n) is 9.37. The number of phenols is 1. The normalized spacial score (nSPS) is 12.3. The number of primary amides is 1. The maximum atomic E-state index is 11.3. The largest absolute Gasteiger partial charge is 0.508 e. The summed E-state index contributed by atoms with van der Waals surface area (Å²) in [5.74, 6) is 0.0625. The van der Waals surface area contributed by atoms with Crippen LogP contribution >= 0.6 is 0 Å². The average Bonchev–Trinajstić information content (AvgIpc) is 3.30. The molecule has 0 spiro atoms. The van der Waals surface area contributed by atoms with E-state index in [2.05, 4.69) is 39.1 Å². The Balaban J connectivity index is 1.27. The number of phenolic OH excluding ortho intramolecular Hbond substituents is 1. The topological polar surface area (TPSA) is 125 Å². The van der Waals surface area contributed by atoms with Gasteiger partial charge < -0.3 is 25.7 Å². The molecule has 2 heterocycles. The molecule has 0 radical (unpaired) electrons. The molecule has 1 atom stereocenters. The number of nitrogens with one attached hydrogen (secondary N) is 1. The number of fused-ring (bicyclic) bond motifs is 3. The minimum absolute atomic E-state index is 0.209. The van der Waals surface area contributed by atoms with Crippen LogP contribution in [0.5, 0.6) is 11.6 Å². The minimum Gasteiger partial charge on any atom is -0.508 e. The number of aliphatic hydroxyl groups is 1. The quantitative estimate of drug-likeness (QED) is 0.213. The number of aliphatic hydroxyl groups excluding tert-OH is 1. The highest BCUT2D eigenvalue weighted by molar-refractivity contribution is 6.08. The van der Waals surface area contributed by atoms with Crippen LogP contribution in [0.2, 0.25) is 0 Å². The Kier molecular flexibility index (Phi) is 7.53. The van der Waals surface area contributed by atoms with Crippen molar-refractivity contribution in [3.63, 3.8) is 0 Å². The van der Waals surface area contributed by atoms with Crippen molar-refractivity contribution in [3.05, 3.63) is 102 Å². The first-order valence-electron chi connectivity index (χ1n) is 12.5. The second kappa shape index (κ2) is 11.3. The number of nitrogens with zero attached hydrogens (tertiary/aromatic N) is 2. The molecule has 2 aromatic heterocycles. The number of nitrogens with two attached hydrogens (primary N) is 1. The molecule has 3 aromatic carbocycles. The van der Waals surface area contributed by atoms with Gasteiger partial charge in [0.2, 0.25) is 11.8 Å². The van der Waals surface area contributed by atoms with E-state index in [4.69, 9.17) is 10.5 Å². The van der Waals surface area contributed by atoms with E-state index in [-0.39, 0.29) is 5.75 Å². The molecule has 5 rings (SSSR count). The van der Waals surface area contributed by atoms with Crippen molar-refractivity contribution in [3.8, 4) is 11.6 Å². The number of pyridine rings is 1. The lowest BCUT2D eigenvalue weighted by Gasteiger charge is -2.25. The highest BCUT2D eigenvalue weighted by Gasteiger charge is 2.16. The Hall–Kier alpha value is -4.40. The molecule has 5 N–H and O–H groups in total. The number of para-hydroxylation sites is 2. The summed E-state index contributed by atoms with van der Waals surface area (Å²) in [6.45, 7) is 1.87. The Bertz CT molecular complexity index is 1530. The van der Waals surface area contributed by atoms with Crippen LogP contribution in [0.1, 0.15) is 21.5 Å². The van der Waals surface area contributed by atoms with Crippen LogP contribution in [-0.4, -0.2) is 56.8 Å². The lowest BCUT2D eigenvalue weighted by Crippen LogP contribution is -2.36. The van der Waals surface area contributed by atoms with Gasteiger partial charge in [-0.05, 0) is 35.4 Å². The first-order chi connectivity index (χ1) is 18.5. The fourth-order valence-electron chi connectivity index (χ4n) is 4.71. The molecule has 1 amide bonds. The molecule has 0 aliphatic heterocycles. The number of hydrogen-bond donors (Lipinski definition) is 4. The van der Waals surface area contributed by atoms with Gasteiger partial charge >= 0.3 is 0 Å². The Morgan fingerprint density at radius 1 is 1.00 bits per heavy atom. The first-order valence-corrected chi connectivity index (χ1v) is 12.5. The van der Waals surface area contributed by atoms with Gasteiger partial charge in [0, 0.05) is 60.1 Å². The van der Waals surface area contributed by atoms with Crippen LogP contribution in [0.3, 0.4) is 0 Å². The van der Waals surface area contributed by atoms with Gasteiger partial charge in [0.15, 0.2) is 0 Å². The van der Waals surface area contributed by atoms with Crippen LogP contribution < -0.4 is 10.5 Å². The maximum Gasteiger partial charge on any atom is 0.250 e. The van der Waals surface area contributed by atoms with Crippen molar-refractivity contribution in [2.75, 3.05) is 19.7 Å². The predicted molar refractivity (Wildman–Crippen MR) is 147 cm³/mol. The summed E-state index contributed by atoms with van der Waals surface area (Å²) in [5.41, 5.74) is 9.79. The third-order valence-corrected chi connectivity index (χ3v) is 6.57. The molecular formula is C30H30N4O4. The molecule has 8 heteroatoms. The molecular weight excluding hydrogens is 480 g/mol. The van der Waals surface area contributed by atoms with E-state index in [1.54, 1.807) is 24.3 Å². The fraction of sp³-hybridized carbons (Fsp3) is 0.200. The number of amides is 1. The van der Waals surface area contributed by atoms with Gasteiger partial charge in [0.1, 0.15) is 12.4 Å². The molecule has 0 bridgehead atoms. The number of aromatic hydroxyl groups is 1. The molecule has 38 heavy (non-hydrogen) atoms. The Labute approximate surface area is 220 Å². The molecule has 1 unspecified atom stereocenters. The summed E-state index contributed by atoms with van der Waals surface area (Å²) in [4.78, 5) is 21.0. The molecule has 0 aliphatic carbocycles. The average molecular weight is 511 g/mol. The monoisotopic (exact) mass is 510 g/mol. The third-order valence-electron chi connectivity index (χ3n) is 6.57. The summed E-state index contributed by atoms with van der Waals surface area (Å²) in [6.07, 6.45) is 1.27. The van der Waals surface area contributed by atoms with Crippen LogP contribution in [0.25, 0.3) is 21.8 Å². The molecule has 0 fully saturated rings. The summed E-state index contributed by atoms with van der Waals surface area (Å²) >= 11 is 0. The number of carbonyl (C=O) groups is 1. The van der Waals surface area contributed by atoms with Crippen molar-refractivity contribution in [2.24, 2.45) is 5.73 Å². The summed E-state index contributed by atoms with van der Waals surface area (Å²) in [5, 5.41) is 23.1. The number of aromatic amines is 1. The molecule has 0 saturated heterocycles. The zero-order valence-electron chi connectivity index (χ0n) is 20.9. The SMILES string of the molecule is NC(=O)c1ccc(OCCN(Cc2ccc(O)cc2)CC(O)Cc2cccc3c2[nH]c2ccccc23)nc1. The van der Waals surface area contributed by atoms with E-state index >= 15 is 0 Å². The van der Waals surface area contributed by atoms with Crippen molar-refractivity contribution < 1.29 is 19.7 Å². The van der Waals surface area contributed by atoms with Crippen molar-refractivity contribution in [2.45, 2.75) is 19.1 Å². The number of benzene rings is 3. The van der Waals surface area contributed by atoms with Gasteiger partial charge in [-0.1, -0.05) is 48.5 Å². The van der Waals surface area contributed by atoms with E-state index in [0.29, 0.717) is 44.1 Å². The van der Waals surface area contributed by atoms with Crippen molar-refractivity contribution in [1.29, 1.82) is 0 Å². The standard InChI is InChI=1S/C30H30N4O4/c31-30(37)22-10-13-28(32-17-22)38-15-14-34(18-20-8-11-23(35)12-9-20)19-24(36)16-21-4-3-6-26-25-5-1-2-7-27(25)33-29(21)26/h1-13,17,24,33,35-36H,14-16,18-19H2,(H2,31,37). The van der Waals surface area contributed by atoms with Gasteiger partial charge in [-0.25, -0.2) is 4.98 Å². The molecule has 194 valence electrons. The van der Waals surface area contributed by atoms with Crippen LogP contribution in [-0.2, 0) is 13.0 Å². The van der Waals surface area contributed by atoms with E-state index in [1.165, 1.54) is 11.6 Å². The third kappa shape index (κ3) is 5.94.